The number of rotatable bonds is 7. The molecule has 39 heavy (non-hydrogen) atoms. The van der Waals surface area contributed by atoms with Crippen molar-refractivity contribution in [1.29, 1.82) is 0 Å². The predicted molar refractivity (Wildman–Crippen MR) is 128 cm³/mol. The van der Waals surface area contributed by atoms with Crippen molar-refractivity contribution in [2.24, 2.45) is 5.92 Å². The maximum atomic E-state index is 13.1. The van der Waals surface area contributed by atoms with Crippen molar-refractivity contribution in [2.75, 3.05) is 25.0 Å². The van der Waals surface area contributed by atoms with Gasteiger partial charge in [-0.3, -0.25) is 4.79 Å². The summed E-state index contributed by atoms with van der Waals surface area (Å²) in [5.41, 5.74) is -5.97. The van der Waals surface area contributed by atoms with Gasteiger partial charge < -0.3 is 25.4 Å². The van der Waals surface area contributed by atoms with Crippen LogP contribution in [-0.4, -0.2) is 60.0 Å². The number of piperidine rings is 1. The molecule has 4 rings (SSSR count). The summed E-state index contributed by atoms with van der Waals surface area (Å²) in [5, 5.41) is 15.0. The Bertz CT molecular complexity index is 1140. The highest BCUT2D eigenvalue weighted by Crippen LogP contribution is 2.50. The number of amides is 3. The van der Waals surface area contributed by atoms with Crippen LogP contribution in [0.5, 0.6) is 5.75 Å². The van der Waals surface area contributed by atoms with E-state index >= 15 is 0 Å². The molecular weight excluding hydrogens is 532 g/mol. The van der Waals surface area contributed by atoms with Crippen LogP contribution < -0.4 is 15.4 Å². The zero-order valence-electron chi connectivity index (χ0n) is 20.6. The Balaban J connectivity index is 1.28. The van der Waals surface area contributed by atoms with E-state index in [4.69, 9.17) is 4.74 Å². The number of anilines is 1. The van der Waals surface area contributed by atoms with Crippen LogP contribution in [0.2, 0.25) is 0 Å². The van der Waals surface area contributed by atoms with Gasteiger partial charge in [0.05, 0.1) is 0 Å². The number of hydrogen-bond acceptors (Lipinski definition) is 4. The zero-order valence-corrected chi connectivity index (χ0v) is 20.6. The summed E-state index contributed by atoms with van der Waals surface area (Å²) in [7, 11) is 0. The van der Waals surface area contributed by atoms with Crippen molar-refractivity contribution in [3.8, 4) is 5.75 Å². The summed E-state index contributed by atoms with van der Waals surface area (Å²) in [6.07, 6.45) is -9.04. The molecule has 2 aromatic rings. The van der Waals surface area contributed by atoms with Gasteiger partial charge in [-0.15, -0.1) is 0 Å². The lowest BCUT2D eigenvalue weighted by Gasteiger charge is -2.33. The molecule has 1 heterocycles. The average molecular weight is 560 g/mol. The highest BCUT2D eigenvalue weighted by atomic mass is 19.4. The molecule has 1 saturated carbocycles. The highest BCUT2D eigenvalue weighted by Gasteiger charge is 2.71. The Kier molecular flexibility index (Phi) is 8.01. The van der Waals surface area contributed by atoms with Gasteiger partial charge in [-0.05, 0) is 55.2 Å². The quantitative estimate of drug-likeness (QED) is 0.406. The van der Waals surface area contributed by atoms with Crippen molar-refractivity contribution < 1.29 is 45.8 Å². The lowest BCUT2D eigenvalue weighted by molar-refractivity contribution is -0.376. The minimum atomic E-state index is -6.00. The predicted octanol–water partition coefficient (Wildman–Crippen LogP) is 5.21. The van der Waals surface area contributed by atoms with Gasteiger partial charge in [0.25, 0.3) is 11.5 Å². The Morgan fingerprint density at radius 3 is 1.95 bits per heavy atom. The van der Waals surface area contributed by atoms with Crippen LogP contribution in [0, 0.1) is 5.92 Å². The third-order valence-corrected chi connectivity index (χ3v) is 6.76. The molecule has 0 spiro atoms. The van der Waals surface area contributed by atoms with E-state index in [1.807, 2.05) is 0 Å². The lowest BCUT2D eigenvalue weighted by atomic mass is 9.91. The first-order valence-corrected chi connectivity index (χ1v) is 12.3. The van der Waals surface area contributed by atoms with Crippen LogP contribution in [0.1, 0.15) is 41.6 Å². The smallest absolute Gasteiger partial charge is 0.430 e. The molecule has 1 aliphatic heterocycles. The standard InChI is InChI=1S/C26H27F6N3O4/c27-25(28,29)24(38,26(30,31)32)18-5-3-17(4-6-18)22(36)35-13-11-21(12-14-35)39-20-9-7-19(8-10-20)34-23(37)33-15-16-1-2-16/h3-10,16,21,38H,1-2,11-15H2,(H2,33,34,37). The largest absolute Gasteiger partial charge is 0.490 e. The summed E-state index contributed by atoms with van der Waals surface area (Å²) >= 11 is 0. The van der Waals surface area contributed by atoms with Gasteiger partial charge in [0, 0.05) is 49.3 Å². The number of nitrogens with one attached hydrogen (secondary N) is 2. The first-order chi connectivity index (χ1) is 18.3. The number of halogens is 6. The molecule has 0 atom stereocenters. The van der Waals surface area contributed by atoms with Gasteiger partial charge in [0.2, 0.25) is 0 Å². The fourth-order valence-electron chi connectivity index (χ4n) is 4.24. The first-order valence-electron chi connectivity index (χ1n) is 12.3. The number of nitrogens with zero attached hydrogens (tertiary/aromatic N) is 1. The van der Waals surface area contributed by atoms with E-state index in [0.29, 0.717) is 48.9 Å². The van der Waals surface area contributed by atoms with E-state index in [1.165, 1.54) is 4.90 Å². The molecule has 7 nitrogen and oxygen atoms in total. The summed E-state index contributed by atoms with van der Waals surface area (Å²) in [5.74, 6) is 0.580. The molecule has 3 N–H and O–H groups in total. The normalized spacial score (nSPS) is 17.1. The van der Waals surface area contributed by atoms with Crippen molar-refractivity contribution in [3.63, 3.8) is 0 Å². The average Bonchev–Trinajstić information content (AvgIpc) is 3.72. The van der Waals surface area contributed by atoms with Gasteiger partial charge in [0.15, 0.2) is 0 Å². The molecule has 3 amide bonds. The molecule has 0 aromatic heterocycles. The van der Waals surface area contributed by atoms with Crippen molar-refractivity contribution >= 4 is 17.6 Å². The van der Waals surface area contributed by atoms with Crippen molar-refractivity contribution in [2.45, 2.75) is 49.7 Å². The third kappa shape index (κ3) is 6.57. The van der Waals surface area contributed by atoms with E-state index in [0.717, 1.165) is 25.0 Å². The van der Waals surface area contributed by atoms with Crippen LogP contribution in [0.3, 0.4) is 0 Å². The fourth-order valence-corrected chi connectivity index (χ4v) is 4.24. The molecule has 1 saturated heterocycles. The van der Waals surface area contributed by atoms with Gasteiger partial charge in [-0.25, -0.2) is 4.79 Å². The molecule has 0 bridgehead atoms. The Morgan fingerprint density at radius 1 is 0.872 bits per heavy atom. The second-order valence-electron chi connectivity index (χ2n) is 9.70. The maximum absolute atomic E-state index is 13.1. The number of ether oxygens (including phenoxy) is 1. The Hall–Kier alpha value is -3.48. The monoisotopic (exact) mass is 559 g/mol. The Labute approximate surface area is 220 Å². The Morgan fingerprint density at radius 2 is 1.44 bits per heavy atom. The van der Waals surface area contributed by atoms with Gasteiger partial charge >= 0.3 is 18.4 Å². The SMILES string of the molecule is O=C(NCC1CC1)Nc1ccc(OC2CCN(C(=O)c3ccc(C(O)(C(F)(F)F)C(F)(F)F)cc3)CC2)cc1. The van der Waals surface area contributed by atoms with Crippen LogP contribution in [0.25, 0.3) is 0 Å². The number of likely N-dealkylation sites (tertiary alicyclic amines) is 1. The molecule has 0 radical (unpaired) electrons. The highest BCUT2D eigenvalue weighted by molar-refractivity contribution is 5.94. The molecular formula is C26H27F6N3O4. The number of hydrogen-bond donors (Lipinski definition) is 3. The summed E-state index contributed by atoms with van der Waals surface area (Å²) in [4.78, 5) is 26.1. The van der Waals surface area contributed by atoms with Gasteiger partial charge in [0.1, 0.15) is 11.9 Å². The number of benzene rings is 2. The molecule has 1 aliphatic carbocycles. The van der Waals surface area contributed by atoms with E-state index in [1.54, 1.807) is 24.3 Å². The zero-order chi connectivity index (χ0) is 28.4. The minimum absolute atomic E-state index is 0.103. The lowest BCUT2D eigenvalue weighted by Crippen LogP contribution is -2.53. The van der Waals surface area contributed by atoms with Crippen molar-refractivity contribution in [3.05, 3.63) is 59.7 Å². The second-order valence-corrected chi connectivity index (χ2v) is 9.70. The second kappa shape index (κ2) is 10.9. The number of aliphatic hydroxyl groups is 1. The van der Waals surface area contributed by atoms with E-state index < -0.39 is 29.4 Å². The maximum Gasteiger partial charge on any atom is 0.430 e. The molecule has 13 heteroatoms. The van der Waals surface area contributed by atoms with Crippen LogP contribution in [0.4, 0.5) is 36.8 Å². The van der Waals surface area contributed by atoms with Crippen LogP contribution in [-0.2, 0) is 5.60 Å². The first kappa shape index (κ1) is 28.5. The molecule has 2 aromatic carbocycles. The fraction of sp³-hybridized carbons (Fsp3) is 0.462. The van der Waals surface area contributed by atoms with E-state index in [-0.39, 0.29) is 30.8 Å². The molecule has 2 fully saturated rings. The summed E-state index contributed by atoms with van der Waals surface area (Å²) in [6.45, 7) is 1.18. The number of alkyl halides is 6. The summed E-state index contributed by atoms with van der Waals surface area (Å²) in [6, 6.07) is 9.13. The van der Waals surface area contributed by atoms with Gasteiger partial charge in [-0.1, -0.05) is 12.1 Å². The number of carbonyl (C=O) groups excluding carboxylic acids is 2. The van der Waals surface area contributed by atoms with Crippen molar-refractivity contribution in [1.82, 2.24) is 10.2 Å². The molecule has 0 unspecified atom stereocenters. The van der Waals surface area contributed by atoms with E-state index in [2.05, 4.69) is 10.6 Å². The molecule has 2 aliphatic rings. The van der Waals surface area contributed by atoms with Crippen LogP contribution >= 0.6 is 0 Å². The number of carbonyl (C=O) groups is 2. The third-order valence-electron chi connectivity index (χ3n) is 6.76. The summed E-state index contributed by atoms with van der Waals surface area (Å²) < 4.78 is 84.4. The minimum Gasteiger partial charge on any atom is -0.490 e. The van der Waals surface area contributed by atoms with E-state index in [9.17, 15) is 41.0 Å². The molecule has 212 valence electrons. The van der Waals surface area contributed by atoms with Crippen LogP contribution in [0.15, 0.2) is 48.5 Å². The topological polar surface area (TPSA) is 90.9 Å². The number of urea groups is 1. The van der Waals surface area contributed by atoms with Gasteiger partial charge in [-0.2, -0.15) is 26.3 Å².